The number of hydrogen-bond donors (Lipinski definition) is 2. The molecule has 1 atom stereocenters. The molecular formula is C18H28FNO. The van der Waals surface area contributed by atoms with Gasteiger partial charge in [0, 0.05) is 17.5 Å². The predicted molar refractivity (Wildman–Crippen MR) is 84.5 cm³/mol. The standard InChI is InChI=1S/C18H28FNO/c1-3-4-14-7-9-18(12-20,10-8-14)17(21)15-11-13(2)5-6-16(15)19/h5-6,11,14,17,21H,3-4,7-10,12,20H2,1-2H3. The predicted octanol–water partition coefficient (Wildman–Crippen LogP) is 4.10. The second-order valence-electron chi connectivity index (χ2n) is 6.73. The monoisotopic (exact) mass is 293 g/mol. The molecule has 0 heterocycles. The van der Waals surface area contributed by atoms with Gasteiger partial charge in [0.25, 0.3) is 0 Å². The molecule has 0 aliphatic heterocycles. The van der Waals surface area contributed by atoms with Crippen molar-refractivity contribution in [2.24, 2.45) is 17.1 Å². The van der Waals surface area contributed by atoms with E-state index in [1.165, 1.54) is 18.9 Å². The van der Waals surface area contributed by atoms with E-state index in [9.17, 15) is 9.50 Å². The highest BCUT2D eigenvalue weighted by molar-refractivity contribution is 5.27. The van der Waals surface area contributed by atoms with E-state index in [1.54, 1.807) is 12.1 Å². The number of hydrogen-bond acceptors (Lipinski definition) is 2. The Morgan fingerprint density at radius 1 is 1.38 bits per heavy atom. The van der Waals surface area contributed by atoms with Crippen LogP contribution >= 0.6 is 0 Å². The highest BCUT2D eigenvalue weighted by Crippen LogP contribution is 2.48. The third-order valence-electron chi connectivity index (χ3n) is 5.23. The van der Waals surface area contributed by atoms with Crippen LogP contribution in [0.3, 0.4) is 0 Å². The number of aliphatic hydroxyl groups is 1. The van der Waals surface area contributed by atoms with Crippen molar-refractivity contribution in [1.29, 1.82) is 0 Å². The van der Waals surface area contributed by atoms with Gasteiger partial charge < -0.3 is 10.8 Å². The number of aliphatic hydroxyl groups excluding tert-OH is 1. The highest BCUT2D eigenvalue weighted by atomic mass is 19.1. The minimum atomic E-state index is -0.801. The summed E-state index contributed by atoms with van der Waals surface area (Å²) in [5, 5.41) is 10.8. The van der Waals surface area contributed by atoms with Crippen LogP contribution < -0.4 is 5.73 Å². The molecule has 1 fully saturated rings. The van der Waals surface area contributed by atoms with Gasteiger partial charge in [0.15, 0.2) is 0 Å². The number of aryl methyl sites for hydroxylation is 1. The fraction of sp³-hybridized carbons (Fsp3) is 0.667. The van der Waals surface area contributed by atoms with Gasteiger partial charge in [-0.1, -0.05) is 37.5 Å². The topological polar surface area (TPSA) is 46.2 Å². The molecule has 1 aromatic rings. The molecule has 2 nitrogen and oxygen atoms in total. The number of halogens is 1. The third kappa shape index (κ3) is 3.46. The first-order valence-electron chi connectivity index (χ1n) is 8.16. The Balaban J connectivity index is 2.19. The molecule has 0 spiro atoms. The van der Waals surface area contributed by atoms with Crippen molar-refractivity contribution < 1.29 is 9.50 Å². The summed E-state index contributed by atoms with van der Waals surface area (Å²) in [5.74, 6) is 0.417. The van der Waals surface area contributed by atoms with Crippen LogP contribution in [-0.2, 0) is 0 Å². The van der Waals surface area contributed by atoms with Crippen molar-refractivity contribution in [2.75, 3.05) is 6.54 Å². The maximum absolute atomic E-state index is 14.1. The average molecular weight is 293 g/mol. The van der Waals surface area contributed by atoms with Crippen molar-refractivity contribution in [3.8, 4) is 0 Å². The van der Waals surface area contributed by atoms with Crippen molar-refractivity contribution in [3.05, 3.63) is 35.1 Å². The summed E-state index contributed by atoms with van der Waals surface area (Å²) in [7, 11) is 0. The van der Waals surface area contributed by atoms with Crippen LogP contribution in [0.5, 0.6) is 0 Å². The third-order valence-corrected chi connectivity index (χ3v) is 5.23. The Labute approximate surface area is 127 Å². The zero-order valence-corrected chi connectivity index (χ0v) is 13.2. The summed E-state index contributed by atoms with van der Waals surface area (Å²) < 4.78 is 14.1. The lowest BCUT2D eigenvalue weighted by Gasteiger charge is -2.43. The molecule has 21 heavy (non-hydrogen) atoms. The Kier molecular flexibility index (Phi) is 5.39. The smallest absolute Gasteiger partial charge is 0.129 e. The Bertz CT molecular complexity index is 466. The molecule has 1 unspecified atom stereocenters. The molecule has 1 aliphatic rings. The van der Waals surface area contributed by atoms with E-state index in [2.05, 4.69) is 6.92 Å². The second-order valence-corrected chi connectivity index (χ2v) is 6.73. The molecule has 1 aromatic carbocycles. The van der Waals surface area contributed by atoms with Gasteiger partial charge in [0.2, 0.25) is 0 Å². The average Bonchev–Trinajstić information content (AvgIpc) is 2.50. The fourth-order valence-electron chi connectivity index (χ4n) is 3.74. The van der Waals surface area contributed by atoms with E-state index in [4.69, 9.17) is 5.73 Å². The van der Waals surface area contributed by atoms with Gasteiger partial charge in [0.1, 0.15) is 5.82 Å². The second kappa shape index (κ2) is 6.89. The van der Waals surface area contributed by atoms with Crippen molar-refractivity contribution in [1.82, 2.24) is 0 Å². The molecule has 0 aromatic heterocycles. The lowest BCUT2D eigenvalue weighted by atomic mass is 9.65. The first kappa shape index (κ1) is 16.4. The van der Waals surface area contributed by atoms with Crippen LogP contribution in [0.25, 0.3) is 0 Å². The summed E-state index contributed by atoms with van der Waals surface area (Å²) in [4.78, 5) is 0. The maximum Gasteiger partial charge on any atom is 0.129 e. The number of rotatable bonds is 5. The summed E-state index contributed by atoms with van der Waals surface area (Å²) in [5.41, 5.74) is 7.02. The minimum absolute atomic E-state index is 0.323. The minimum Gasteiger partial charge on any atom is -0.388 e. The van der Waals surface area contributed by atoms with E-state index in [0.29, 0.717) is 12.1 Å². The lowest BCUT2D eigenvalue weighted by molar-refractivity contribution is -0.0128. The fourth-order valence-corrected chi connectivity index (χ4v) is 3.74. The van der Waals surface area contributed by atoms with Crippen molar-refractivity contribution >= 4 is 0 Å². The largest absolute Gasteiger partial charge is 0.388 e. The SMILES string of the molecule is CCCC1CCC(CN)(C(O)c2cc(C)ccc2F)CC1. The molecule has 2 rings (SSSR count). The van der Waals surface area contributed by atoms with Crippen LogP contribution in [-0.4, -0.2) is 11.7 Å². The summed E-state index contributed by atoms with van der Waals surface area (Å²) in [6, 6.07) is 4.94. The highest BCUT2D eigenvalue weighted by Gasteiger charge is 2.41. The van der Waals surface area contributed by atoms with Crippen molar-refractivity contribution in [2.45, 2.75) is 58.5 Å². The van der Waals surface area contributed by atoms with Gasteiger partial charge in [-0.25, -0.2) is 4.39 Å². The van der Waals surface area contributed by atoms with Crippen LogP contribution in [0, 0.1) is 24.1 Å². The molecule has 1 saturated carbocycles. The lowest BCUT2D eigenvalue weighted by Crippen LogP contribution is -2.40. The van der Waals surface area contributed by atoms with Gasteiger partial charge in [-0.3, -0.25) is 0 Å². The van der Waals surface area contributed by atoms with Crippen molar-refractivity contribution in [3.63, 3.8) is 0 Å². The van der Waals surface area contributed by atoms with Gasteiger partial charge in [-0.2, -0.15) is 0 Å². The summed E-state index contributed by atoms with van der Waals surface area (Å²) in [6.07, 6.45) is 5.62. The van der Waals surface area contributed by atoms with E-state index in [0.717, 1.165) is 37.2 Å². The molecule has 1 aliphatic carbocycles. The maximum atomic E-state index is 14.1. The van der Waals surface area contributed by atoms with E-state index < -0.39 is 6.10 Å². The van der Waals surface area contributed by atoms with Gasteiger partial charge in [-0.15, -0.1) is 0 Å². The molecule has 0 bridgehead atoms. The van der Waals surface area contributed by atoms with Gasteiger partial charge in [-0.05, 0) is 44.6 Å². The van der Waals surface area contributed by atoms with E-state index >= 15 is 0 Å². The zero-order chi connectivity index (χ0) is 15.5. The summed E-state index contributed by atoms with van der Waals surface area (Å²) in [6.45, 7) is 4.55. The van der Waals surface area contributed by atoms with E-state index in [-0.39, 0.29) is 11.2 Å². The quantitative estimate of drug-likeness (QED) is 0.858. The van der Waals surface area contributed by atoms with Crippen LogP contribution in [0.1, 0.15) is 62.7 Å². The first-order valence-corrected chi connectivity index (χ1v) is 8.16. The summed E-state index contributed by atoms with van der Waals surface area (Å²) >= 11 is 0. The zero-order valence-electron chi connectivity index (χ0n) is 13.2. The van der Waals surface area contributed by atoms with Crippen LogP contribution in [0.15, 0.2) is 18.2 Å². The Morgan fingerprint density at radius 2 is 2.05 bits per heavy atom. The van der Waals surface area contributed by atoms with Crippen LogP contribution in [0.2, 0.25) is 0 Å². The number of benzene rings is 1. The molecule has 0 radical (unpaired) electrons. The first-order chi connectivity index (χ1) is 10.0. The number of nitrogens with two attached hydrogens (primary N) is 1. The van der Waals surface area contributed by atoms with Gasteiger partial charge >= 0.3 is 0 Å². The molecular weight excluding hydrogens is 265 g/mol. The molecule has 3 heteroatoms. The van der Waals surface area contributed by atoms with Gasteiger partial charge in [0.05, 0.1) is 6.10 Å². The van der Waals surface area contributed by atoms with Crippen LogP contribution in [0.4, 0.5) is 4.39 Å². The van der Waals surface area contributed by atoms with E-state index in [1.807, 2.05) is 6.92 Å². The Hall–Kier alpha value is -0.930. The molecule has 3 N–H and O–H groups in total. The molecule has 0 amide bonds. The normalized spacial score (nSPS) is 27.6. The molecule has 118 valence electrons. The molecule has 0 saturated heterocycles. The Morgan fingerprint density at radius 3 is 2.62 bits per heavy atom.